The number of halogens is 1. The third kappa shape index (κ3) is 6.81. The number of aromatic nitrogens is 3. The fourth-order valence-electron chi connectivity index (χ4n) is 4.82. The van der Waals surface area contributed by atoms with E-state index in [0.29, 0.717) is 16.2 Å². The van der Waals surface area contributed by atoms with Crippen LogP contribution in [-0.4, -0.2) is 89.4 Å². The lowest BCUT2D eigenvalue weighted by molar-refractivity contribution is -0.151. The largest absolute Gasteiger partial charge is 0.477 e. The summed E-state index contributed by atoms with van der Waals surface area (Å²) in [6, 6.07) is 10.8. The van der Waals surface area contributed by atoms with Crippen molar-refractivity contribution in [1.29, 1.82) is 0 Å². The third-order valence-electron chi connectivity index (χ3n) is 7.33. The van der Waals surface area contributed by atoms with E-state index in [1.807, 2.05) is 0 Å². The Balaban J connectivity index is 1.31. The van der Waals surface area contributed by atoms with Crippen LogP contribution in [-0.2, 0) is 21.4 Å². The third-order valence-corrected chi connectivity index (χ3v) is 10.0. The summed E-state index contributed by atoms with van der Waals surface area (Å²) in [5, 5.41) is 20.9. The fraction of sp³-hybridized carbons (Fsp3) is 0.241. The molecule has 3 aromatic rings. The zero-order valence-electron chi connectivity index (χ0n) is 24.6. The summed E-state index contributed by atoms with van der Waals surface area (Å²) in [5.74, 6) is -3.17. The zero-order valence-corrected chi connectivity index (χ0v) is 27.0. The van der Waals surface area contributed by atoms with Gasteiger partial charge in [-0.25, -0.2) is 14.7 Å². The van der Waals surface area contributed by atoms with Gasteiger partial charge in [0.2, 0.25) is 5.91 Å². The fourth-order valence-corrected chi connectivity index (χ4v) is 7.35. The monoisotopic (exact) mass is 699 g/mol. The van der Waals surface area contributed by atoms with Gasteiger partial charge in [-0.15, -0.1) is 16.9 Å². The van der Waals surface area contributed by atoms with Crippen molar-refractivity contribution in [2.24, 2.45) is 7.05 Å². The van der Waals surface area contributed by atoms with Crippen molar-refractivity contribution in [2.45, 2.75) is 22.6 Å². The van der Waals surface area contributed by atoms with Crippen LogP contribution < -0.4 is 21.8 Å². The van der Waals surface area contributed by atoms with Gasteiger partial charge in [0.15, 0.2) is 5.16 Å². The average molecular weight is 700 g/mol. The Kier molecular flexibility index (Phi) is 9.88. The molecule has 0 aliphatic carbocycles. The number of β-lactam (4-membered cyclic amide) rings is 1. The number of urea groups is 1. The summed E-state index contributed by atoms with van der Waals surface area (Å²) in [6.07, 6.45) is 0. The minimum atomic E-state index is -1.35. The first kappa shape index (κ1) is 33.5. The van der Waals surface area contributed by atoms with E-state index in [4.69, 9.17) is 11.6 Å². The zero-order chi connectivity index (χ0) is 34.0. The average Bonchev–Trinajstić information content (AvgIpc) is 3.07. The van der Waals surface area contributed by atoms with Crippen molar-refractivity contribution < 1.29 is 29.1 Å². The molecule has 1 unspecified atom stereocenters. The first-order chi connectivity index (χ1) is 22.4. The van der Waals surface area contributed by atoms with Gasteiger partial charge in [0.05, 0.1) is 0 Å². The van der Waals surface area contributed by atoms with Gasteiger partial charge < -0.3 is 15.7 Å². The lowest BCUT2D eigenvalue weighted by Gasteiger charge is -2.49. The van der Waals surface area contributed by atoms with Gasteiger partial charge in [-0.3, -0.25) is 38.3 Å². The highest BCUT2D eigenvalue weighted by Gasteiger charge is 2.54. The highest BCUT2D eigenvalue weighted by molar-refractivity contribution is 8.01. The van der Waals surface area contributed by atoms with Crippen molar-refractivity contribution in [3.05, 3.63) is 103 Å². The van der Waals surface area contributed by atoms with E-state index in [-0.39, 0.29) is 27.9 Å². The molecule has 2 aromatic carbocycles. The van der Waals surface area contributed by atoms with Crippen LogP contribution in [0.3, 0.4) is 0 Å². The number of aliphatic carboxylic acids is 1. The van der Waals surface area contributed by atoms with Crippen molar-refractivity contribution in [3.8, 4) is 0 Å². The Morgan fingerprint density at radius 1 is 1.13 bits per heavy atom. The van der Waals surface area contributed by atoms with E-state index in [0.717, 1.165) is 26.1 Å². The molecular weight excluding hydrogens is 674 g/mol. The number of carboxylic acid groups (broad SMARTS) is 1. The molecule has 1 fully saturated rings. The number of thioether (sulfide) groups is 2. The molecule has 0 bridgehead atoms. The van der Waals surface area contributed by atoms with Crippen molar-refractivity contribution in [2.75, 3.05) is 18.6 Å². The van der Waals surface area contributed by atoms with E-state index in [2.05, 4.69) is 20.8 Å². The van der Waals surface area contributed by atoms with E-state index in [1.54, 1.807) is 30.3 Å². The molecule has 0 saturated carbocycles. The first-order valence-electron chi connectivity index (χ1n) is 13.8. The SMILES string of the molecule is CN(C(=O)NC(C(=O)N[C@H]1C(=O)N2C(C(=O)O)=C(CSc3n[nH]c(=O)c(=O)n3C)CS[C@@H]12)c1ccccc1)C(=O)c1ccc(Cl)cc1. The summed E-state index contributed by atoms with van der Waals surface area (Å²) >= 11 is 8.13. The molecule has 0 spiro atoms. The Bertz CT molecular complexity index is 1920. The maximum Gasteiger partial charge on any atom is 0.352 e. The molecule has 2 aliphatic heterocycles. The highest BCUT2D eigenvalue weighted by atomic mass is 35.5. The minimum absolute atomic E-state index is 0.0544. The smallest absolute Gasteiger partial charge is 0.352 e. The van der Waals surface area contributed by atoms with Crippen LogP contribution in [0.5, 0.6) is 0 Å². The van der Waals surface area contributed by atoms with Crippen molar-refractivity contribution in [3.63, 3.8) is 0 Å². The topological polar surface area (TPSA) is 204 Å². The number of nitrogens with zero attached hydrogens (tertiary/aromatic N) is 4. The molecule has 47 heavy (non-hydrogen) atoms. The molecule has 1 aromatic heterocycles. The van der Waals surface area contributed by atoms with E-state index >= 15 is 0 Å². The lowest BCUT2D eigenvalue weighted by atomic mass is 10.0. The van der Waals surface area contributed by atoms with Crippen LogP contribution in [0.1, 0.15) is 22.0 Å². The Hall–Kier alpha value is -4.87. The number of H-pyrrole nitrogens is 1. The molecule has 0 radical (unpaired) electrons. The van der Waals surface area contributed by atoms with Crippen LogP contribution in [0.25, 0.3) is 0 Å². The summed E-state index contributed by atoms with van der Waals surface area (Å²) < 4.78 is 1.04. The molecular formula is C29H26ClN7O8S2. The Morgan fingerprint density at radius 2 is 1.81 bits per heavy atom. The van der Waals surface area contributed by atoms with Gasteiger partial charge in [0.1, 0.15) is 23.2 Å². The molecule has 1 saturated heterocycles. The molecule has 2 aliphatic rings. The van der Waals surface area contributed by atoms with Gasteiger partial charge in [-0.05, 0) is 35.4 Å². The second-order valence-corrected chi connectivity index (χ2v) is 12.8. The van der Waals surface area contributed by atoms with Crippen molar-refractivity contribution in [1.82, 2.24) is 35.2 Å². The predicted molar refractivity (Wildman–Crippen MR) is 172 cm³/mol. The number of carboxylic acids is 1. The van der Waals surface area contributed by atoms with Gasteiger partial charge in [0, 0.05) is 36.2 Å². The normalized spacial score (nSPS) is 17.7. The second-order valence-electron chi connectivity index (χ2n) is 10.3. The van der Waals surface area contributed by atoms with Gasteiger partial charge in [-0.2, -0.15) is 0 Å². The van der Waals surface area contributed by atoms with Crippen molar-refractivity contribution >= 4 is 64.8 Å². The van der Waals surface area contributed by atoms with E-state index in [1.165, 1.54) is 50.1 Å². The minimum Gasteiger partial charge on any atom is -0.477 e. The Labute approximate surface area is 279 Å². The second kappa shape index (κ2) is 13.9. The predicted octanol–water partition coefficient (Wildman–Crippen LogP) is 1.18. The molecule has 15 nitrogen and oxygen atoms in total. The van der Waals surface area contributed by atoms with Crippen LogP contribution >= 0.6 is 35.1 Å². The standard InChI is InChI=1S/C29H26ClN7O8S2/c1-35(23(40)15-8-10-17(30)11-9-15)28(45)32-18(14-6-4-3-5-7-14)21(38)31-19-24(41)37-20(27(43)44)16(12-46-26(19)37)13-47-29-34-33-22(39)25(42)36(29)2/h3-11,18-19,26H,12-13H2,1-2H3,(H,31,38)(H,32,45)(H,33,39)(H,43,44)/t18?,19-,26-/m0/s1. The summed E-state index contributed by atoms with van der Waals surface area (Å²) in [4.78, 5) is 90.6. The first-order valence-corrected chi connectivity index (χ1v) is 16.2. The highest BCUT2D eigenvalue weighted by Crippen LogP contribution is 2.41. The van der Waals surface area contributed by atoms with Crippen LogP contribution in [0, 0.1) is 0 Å². The number of carbonyl (C=O) groups excluding carboxylic acids is 4. The number of benzene rings is 2. The molecule has 5 amide bonds. The van der Waals surface area contributed by atoms with Crippen LogP contribution in [0.4, 0.5) is 4.79 Å². The quantitative estimate of drug-likeness (QED) is 0.142. The van der Waals surface area contributed by atoms with Crippen LogP contribution in [0.15, 0.2) is 80.6 Å². The number of carbonyl (C=O) groups is 5. The maximum absolute atomic E-state index is 13.6. The van der Waals surface area contributed by atoms with Gasteiger partial charge in [0.25, 0.3) is 11.8 Å². The maximum atomic E-state index is 13.6. The number of rotatable bonds is 9. The number of imide groups is 1. The van der Waals surface area contributed by atoms with E-state index in [9.17, 15) is 38.7 Å². The van der Waals surface area contributed by atoms with E-state index < -0.39 is 58.3 Å². The Morgan fingerprint density at radius 3 is 2.47 bits per heavy atom. The molecule has 5 rings (SSSR count). The number of nitrogens with one attached hydrogen (secondary N) is 3. The molecule has 3 heterocycles. The molecule has 244 valence electrons. The summed E-state index contributed by atoms with van der Waals surface area (Å²) in [7, 11) is 2.61. The summed E-state index contributed by atoms with van der Waals surface area (Å²) in [5.41, 5.74) is -1.02. The molecule has 4 N–H and O–H groups in total. The summed E-state index contributed by atoms with van der Waals surface area (Å²) in [6.45, 7) is 0. The number of hydrogen-bond acceptors (Lipinski definition) is 10. The van der Waals surface area contributed by atoms with Crippen LogP contribution in [0.2, 0.25) is 5.02 Å². The van der Waals surface area contributed by atoms with Gasteiger partial charge >= 0.3 is 23.1 Å². The molecule has 3 atom stereocenters. The van der Waals surface area contributed by atoms with Gasteiger partial charge in [-0.1, -0.05) is 53.7 Å². The lowest BCUT2D eigenvalue weighted by Crippen LogP contribution is -2.71. The number of amides is 5. The number of hydrogen-bond donors (Lipinski definition) is 4. The number of aromatic amines is 1. The molecule has 18 heteroatoms. The number of fused-ring (bicyclic) bond motifs is 1.